The van der Waals surface area contributed by atoms with Crippen LogP contribution in [-0.4, -0.2) is 18.1 Å². The van der Waals surface area contributed by atoms with Gasteiger partial charge in [0, 0.05) is 6.07 Å². The molecule has 5 nitrogen and oxygen atoms in total. The molecule has 0 unspecified atom stereocenters. The standard InChI is InChI=1S/C25H36O5S/c1-2-3-4-5-6-7-8-9-10-11-13-16-21-19-22(26)20-24(31(27,28)29)25(21)30-23-17-14-12-15-18-23/h12,14-15,17-20,26H,2-11,13,16H2,1H3,(H,27,28,29). The van der Waals surface area contributed by atoms with Crippen LogP contribution in [0, 0.1) is 0 Å². The molecule has 0 atom stereocenters. The van der Waals surface area contributed by atoms with Crippen LogP contribution in [0.5, 0.6) is 17.2 Å². The van der Waals surface area contributed by atoms with Gasteiger partial charge in [0.05, 0.1) is 0 Å². The molecule has 0 saturated carbocycles. The van der Waals surface area contributed by atoms with Crippen LogP contribution in [0.25, 0.3) is 0 Å². The largest absolute Gasteiger partial charge is 0.508 e. The summed E-state index contributed by atoms with van der Waals surface area (Å²) in [5, 5.41) is 9.99. The van der Waals surface area contributed by atoms with Gasteiger partial charge in [-0.25, -0.2) is 0 Å². The first kappa shape index (κ1) is 25.2. The number of aryl methyl sites for hydroxylation is 1. The summed E-state index contributed by atoms with van der Waals surface area (Å²) in [6.45, 7) is 2.23. The highest BCUT2D eigenvalue weighted by molar-refractivity contribution is 7.86. The Morgan fingerprint density at radius 2 is 1.35 bits per heavy atom. The van der Waals surface area contributed by atoms with Gasteiger partial charge in [-0.3, -0.25) is 4.55 Å². The van der Waals surface area contributed by atoms with Crippen LogP contribution in [0.3, 0.4) is 0 Å². The lowest BCUT2D eigenvalue weighted by molar-refractivity contribution is 0.433. The number of benzene rings is 2. The number of para-hydroxylation sites is 1. The predicted molar refractivity (Wildman–Crippen MR) is 125 cm³/mol. The molecular weight excluding hydrogens is 412 g/mol. The fourth-order valence-corrected chi connectivity index (χ4v) is 4.40. The smallest absolute Gasteiger partial charge is 0.298 e. The first-order chi connectivity index (χ1) is 14.9. The van der Waals surface area contributed by atoms with E-state index in [0.29, 0.717) is 17.7 Å². The predicted octanol–water partition coefficient (Wildman–Crippen LogP) is 7.28. The van der Waals surface area contributed by atoms with Crippen molar-refractivity contribution in [2.45, 2.75) is 88.9 Å². The van der Waals surface area contributed by atoms with E-state index in [0.717, 1.165) is 25.3 Å². The van der Waals surface area contributed by atoms with Crippen molar-refractivity contribution in [1.82, 2.24) is 0 Å². The van der Waals surface area contributed by atoms with E-state index in [1.807, 2.05) is 6.07 Å². The zero-order chi connectivity index (χ0) is 22.5. The lowest BCUT2D eigenvalue weighted by Crippen LogP contribution is -2.04. The van der Waals surface area contributed by atoms with E-state index < -0.39 is 15.0 Å². The van der Waals surface area contributed by atoms with Crippen molar-refractivity contribution >= 4 is 10.1 Å². The molecule has 6 heteroatoms. The number of hydrogen-bond donors (Lipinski definition) is 2. The Morgan fingerprint density at radius 1 is 0.806 bits per heavy atom. The van der Waals surface area contributed by atoms with E-state index in [4.69, 9.17) is 4.74 Å². The summed E-state index contributed by atoms with van der Waals surface area (Å²) in [5.74, 6) is 0.350. The maximum atomic E-state index is 11.9. The van der Waals surface area contributed by atoms with Crippen LogP contribution in [0.15, 0.2) is 47.4 Å². The molecule has 0 aliphatic heterocycles. The molecule has 2 N–H and O–H groups in total. The van der Waals surface area contributed by atoms with Gasteiger partial charge in [-0.05, 0) is 36.6 Å². The average molecular weight is 449 g/mol. The molecule has 172 valence electrons. The van der Waals surface area contributed by atoms with Gasteiger partial charge < -0.3 is 9.84 Å². The van der Waals surface area contributed by atoms with E-state index in [1.165, 1.54) is 57.4 Å². The Kier molecular flexibility index (Phi) is 10.9. The highest BCUT2D eigenvalue weighted by Crippen LogP contribution is 2.36. The first-order valence-corrected chi connectivity index (χ1v) is 12.9. The summed E-state index contributed by atoms with van der Waals surface area (Å²) in [5.41, 5.74) is 0.576. The number of aromatic hydroxyl groups is 1. The van der Waals surface area contributed by atoms with Gasteiger partial charge in [0.2, 0.25) is 0 Å². The van der Waals surface area contributed by atoms with Crippen LogP contribution in [0.1, 0.15) is 83.1 Å². The first-order valence-electron chi connectivity index (χ1n) is 11.5. The van der Waals surface area contributed by atoms with E-state index in [9.17, 15) is 18.1 Å². The molecule has 0 heterocycles. The molecule has 0 fully saturated rings. The maximum absolute atomic E-state index is 11.9. The molecule has 0 aliphatic carbocycles. The quantitative estimate of drug-likeness (QED) is 0.221. The second-order valence-electron chi connectivity index (χ2n) is 8.11. The van der Waals surface area contributed by atoms with Gasteiger partial charge in [0.1, 0.15) is 16.4 Å². The van der Waals surface area contributed by atoms with Crippen LogP contribution >= 0.6 is 0 Å². The zero-order valence-corrected chi connectivity index (χ0v) is 19.4. The summed E-state index contributed by atoms with van der Waals surface area (Å²) in [4.78, 5) is -0.408. The topological polar surface area (TPSA) is 83.8 Å². The Bertz CT molecular complexity index is 878. The van der Waals surface area contributed by atoms with Gasteiger partial charge in [0.15, 0.2) is 5.75 Å². The number of phenolic OH excluding ortho intramolecular Hbond substituents is 1. The SMILES string of the molecule is CCCCCCCCCCCCCc1cc(O)cc(S(=O)(=O)O)c1Oc1ccccc1. The lowest BCUT2D eigenvalue weighted by Gasteiger charge is -2.15. The Labute approximate surface area is 187 Å². The second-order valence-corrected chi connectivity index (χ2v) is 9.50. The van der Waals surface area contributed by atoms with Crippen LogP contribution in [-0.2, 0) is 16.5 Å². The number of hydrogen-bond acceptors (Lipinski definition) is 4. The highest BCUT2D eigenvalue weighted by Gasteiger charge is 2.22. The molecule has 2 aromatic carbocycles. The third-order valence-corrected chi connectivity index (χ3v) is 6.27. The van der Waals surface area contributed by atoms with E-state index in [1.54, 1.807) is 24.3 Å². The Balaban J connectivity index is 1.91. The molecule has 0 spiro atoms. The summed E-state index contributed by atoms with van der Waals surface area (Å²) in [7, 11) is -4.54. The number of ether oxygens (including phenoxy) is 1. The van der Waals surface area contributed by atoms with Crippen LogP contribution in [0.2, 0.25) is 0 Å². The fourth-order valence-electron chi connectivity index (χ4n) is 3.72. The van der Waals surface area contributed by atoms with Crippen molar-refractivity contribution in [1.29, 1.82) is 0 Å². The molecule has 0 saturated heterocycles. The van der Waals surface area contributed by atoms with Gasteiger partial charge in [0.25, 0.3) is 10.1 Å². The average Bonchev–Trinajstić information content (AvgIpc) is 2.73. The normalized spacial score (nSPS) is 11.5. The summed E-state index contributed by atoms with van der Waals surface area (Å²) in [6, 6.07) is 11.4. The molecule has 0 aromatic heterocycles. The molecule has 2 aromatic rings. The van der Waals surface area contributed by atoms with Gasteiger partial charge >= 0.3 is 0 Å². The minimum absolute atomic E-state index is 0.0820. The number of phenols is 1. The molecule has 2 rings (SSSR count). The minimum atomic E-state index is -4.54. The monoisotopic (exact) mass is 448 g/mol. The molecular formula is C25H36O5S. The minimum Gasteiger partial charge on any atom is -0.508 e. The Hall–Kier alpha value is -2.05. The van der Waals surface area contributed by atoms with Gasteiger partial charge in [-0.1, -0.05) is 89.3 Å². The Morgan fingerprint density at radius 3 is 1.90 bits per heavy atom. The number of rotatable bonds is 15. The van der Waals surface area contributed by atoms with Crippen LogP contribution < -0.4 is 4.74 Å². The van der Waals surface area contributed by atoms with Crippen LogP contribution in [0.4, 0.5) is 0 Å². The van der Waals surface area contributed by atoms with Crippen molar-refractivity contribution in [3.05, 3.63) is 48.0 Å². The second kappa shape index (κ2) is 13.4. The van der Waals surface area contributed by atoms with Gasteiger partial charge in [-0.2, -0.15) is 8.42 Å². The molecule has 31 heavy (non-hydrogen) atoms. The van der Waals surface area contributed by atoms with E-state index >= 15 is 0 Å². The summed E-state index contributed by atoms with van der Waals surface area (Å²) < 4.78 is 39.2. The van der Waals surface area contributed by atoms with Crippen molar-refractivity contribution in [3.63, 3.8) is 0 Å². The third kappa shape index (κ3) is 9.32. The highest BCUT2D eigenvalue weighted by atomic mass is 32.2. The summed E-state index contributed by atoms with van der Waals surface area (Å²) >= 11 is 0. The molecule has 0 aliphatic rings. The third-order valence-electron chi connectivity index (χ3n) is 5.41. The van der Waals surface area contributed by atoms with E-state index in [-0.39, 0.29) is 11.5 Å². The van der Waals surface area contributed by atoms with Crippen molar-refractivity contribution < 1.29 is 22.8 Å². The maximum Gasteiger partial charge on any atom is 0.298 e. The van der Waals surface area contributed by atoms with E-state index in [2.05, 4.69) is 6.92 Å². The van der Waals surface area contributed by atoms with Crippen molar-refractivity contribution in [2.75, 3.05) is 0 Å². The van der Waals surface area contributed by atoms with Gasteiger partial charge in [-0.15, -0.1) is 0 Å². The summed E-state index contributed by atoms with van der Waals surface area (Å²) in [6.07, 6.45) is 14.0. The fraction of sp³-hybridized carbons (Fsp3) is 0.520. The molecule has 0 bridgehead atoms. The zero-order valence-electron chi connectivity index (χ0n) is 18.6. The van der Waals surface area contributed by atoms with Crippen molar-refractivity contribution in [3.8, 4) is 17.2 Å². The molecule has 0 amide bonds. The number of unbranched alkanes of at least 4 members (excludes halogenated alkanes) is 10. The lowest BCUT2D eigenvalue weighted by atomic mass is 10.0. The van der Waals surface area contributed by atoms with Crippen molar-refractivity contribution in [2.24, 2.45) is 0 Å². The molecule has 0 radical (unpaired) electrons.